The largest absolute Gasteiger partial charge is 0.277 e. The van der Waals surface area contributed by atoms with Gasteiger partial charge in [-0.1, -0.05) is 23.2 Å². The lowest BCUT2D eigenvalue weighted by Gasteiger charge is -2.09. The fourth-order valence-electron chi connectivity index (χ4n) is 1.35. The van der Waals surface area contributed by atoms with Crippen LogP contribution in [0.25, 0.3) is 0 Å². The van der Waals surface area contributed by atoms with Crippen molar-refractivity contribution in [2.45, 2.75) is 4.90 Å². The van der Waals surface area contributed by atoms with E-state index >= 15 is 0 Å². The molecule has 0 aliphatic heterocycles. The van der Waals surface area contributed by atoms with Gasteiger partial charge in [0.05, 0.1) is 5.69 Å². The molecule has 0 unspecified atom stereocenters. The quantitative estimate of drug-likeness (QED) is 0.882. The third kappa shape index (κ3) is 3.15. The minimum absolute atomic E-state index is 0.197. The molecule has 1 heterocycles. The molecule has 1 aromatic heterocycles. The van der Waals surface area contributed by atoms with Crippen molar-refractivity contribution in [3.05, 3.63) is 52.5 Å². The number of benzene rings is 1. The molecule has 100 valence electrons. The molecule has 0 aliphatic carbocycles. The second-order valence-electron chi connectivity index (χ2n) is 3.52. The molecule has 2 rings (SSSR count). The summed E-state index contributed by atoms with van der Waals surface area (Å²) in [4.78, 5) is 3.41. The molecule has 0 aliphatic rings. The second kappa shape index (κ2) is 5.32. The van der Waals surface area contributed by atoms with Crippen molar-refractivity contribution >= 4 is 38.9 Å². The molecule has 0 bridgehead atoms. The van der Waals surface area contributed by atoms with Gasteiger partial charge in [-0.3, -0.25) is 4.72 Å². The minimum Gasteiger partial charge on any atom is -0.277 e. The third-order valence-corrected chi connectivity index (χ3v) is 4.23. The van der Waals surface area contributed by atoms with Crippen LogP contribution in [0.15, 0.2) is 41.4 Å². The average Bonchev–Trinajstić information content (AvgIpc) is 2.34. The highest BCUT2D eigenvalue weighted by Gasteiger charge is 2.20. The average molecular weight is 321 g/mol. The molecule has 19 heavy (non-hydrogen) atoms. The van der Waals surface area contributed by atoms with Crippen LogP contribution in [0.2, 0.25) is 10.2 Å². The van der Waals surface area contributed by atoms with Crippen molar-refractivity contribution in [3.63, 3.8) is 0 Å². The Morgan fingerprint density at radius 2 is 1.95 bits per heavy atom. The van der Waals surface area contributed by atoms with E-state index in [9.17, 15) is 12.8 Å². The molecule has 1 N–H and O–H groups in total. The first-order valence-electron chi connectivity index (χ1n) is 4.98. The van der Waals surface area contributed by atoms with Crippen LogP contribution >= 0.6 is 23.2 Å². The van der Waals surface area contributed by atoms with Gasteiger partial charge in [-0.05, 0) is 30.3 Å². The summed E-state index contributed by atoms with van der Waals surface area (Å²) in [5.74, 6) is -0.743. The van der Waals surface area contributed by atoms with E-state index < -0.39 is 15.8 Å². The molecule has 0 radical (unpaired) electrons. The van der Waals surface area contributed by atoms with E-state index in [1.54, 1.807) is 0 Å². The second-order valence-corrected chi connectivity index (χ2v) is 5.97. The van der Waals surface area contributed by atoms with Crippen LogP contribution in [0.4, 0.5) is 10.1 Å². The molecule has 0 atom stereocenters. The maximum atomic E-state index is 13.5. The Morgan fingerprint density at radius 3 is 2.63 bits per heavy atom. The summed E-state index contributed by atoms with van der Waals surface area (Å²) in [7, 11) is -4.03. The number of aromatic nitrogens is 1. The van der Waals surface area contributed by atoms with Gasteiger partial charge in [0, 0.05) is 11.2 Å². The summed E-state index contributed by atoms with van der Waals surface area (Å²) in [5, 5.41) is 0.00817. The predicted octanol–water partition coefficient (Wildman–Crippen LogP) is 3.33. The van der Waals surface area contributed by atoms with Gasteiger partial charge in [0.2, 0.25) is 0 Å². The van der Waals surface area contributed by atoms with E-state index in [2.05, 4.69) is 9.71 Å². The highest BCUT2D eigenvalue weighted by Crippen LogP contribution is 2.25. The zero-order valence-corrected chi connectivity index (χ0v) is 11.6. The van der Waals surface area contributed by atoms with E-state index in [-0.39, 0.29) is 20.8 Å². The lowest BCUT2D eigenvalue weighted by molar-refractivity contribution is 0.598. The highest BCUT2D eigenvalue weighted by atomic mass is 35.5. The number of hydrogen-bond donors (Lipinski definition) is 1. The van der Waals surface area contributed by atoms with Gasteiger partial charge in [0.15, 0.2) is 0 Å². The number of anilines is 1. The molecule has 0 saturated heterocycles. The zero-order valence-electron chi connectivity index (χ0n) is 9.27. The number of rotatable bonds is 3. The van der Waals surface area contributed by atoms with E-state index in [1.807, 2.05) is 0 Å². The van der Waals surface area contributed by atoms with Crippen LogP contribution in [0.5, 0.6) is 0 Å². The highest BCUT2D eigenvalue weighted by molar-refractivity contribution is 7.92. The Balaban J connectivity index is 2.43. The van der Waals surface area contributed by atoms with Crippen molar-refractivity contribution < 1.29 is 12.8 Å². The van der Waals surface area contributed by atoms with E-state index in [0.717, 1.165) is 6.07 Å². The van der Waals surface area contributed by atoms with Crippen molar-refractivity contribution in [2.24, 2.45) is 0 Å². The van der Waals surface area contributed by atoms with Gasteiger partial charge in [0.1, 0.15) is 15.9 Å². The first kappa shape index (κ1) is 14.0. The minimum atomic E-state index is -4.03. The van der Waals surface area contributed by atoms with Gasteiger partial charge in [-0.15, -0.1) is 0 Å². The van der Waals surface area contributed by atoms with Crippen molar-refractivity contribution in [1.82, 2.24) is 4.98 Å². The predicted molar refractivity (Wildman–Crippen MR) is 71.5 cm³/mol. The van der Waals surface area contributed by atoms with Crippen LogP contribution in [-0.2, 0) is 10.0 Å². The molecule has 0 amide bonds. The number of pyridine rings is 1. The molecular formula is C11H7Cl2FN2O2S. The molecule has 1 aromatic carbocycles. The first-order valence-corrected chi connectivity index (χ1v) is 7.22. The Hall–Kier alpha value is -1.37. The standard InChI is InChI=1S/C11H7Cl2FN2O2S/c12-7-3-4-8(14)9(6-7)16-19(17,18)10-2-1-5-15-11(10)13/h1-6,16H. The number of halogens is 3. The summed E-state index contributed by atoms with van der Waals surface area (Å²) in [5.41, 5.74) is -0.257. The summed E-state index contributed by atoms with van der Waals surface area (Å²) in [6, 6.07) is 6.21. The van der Waals surface area contributed by atoms with E-state index in [1.165, 1.54) is 30.5 Å². The maximum absolute atomic E-state index is 13.5. The van der Waals surface area contributed by atoms with Crippen LogP contribution in [0, 0.1) is 5.82 Å². The summed E-state index contributed by atoms with van der Waals surface area (Å²) >= 11 is 11.4. The molecule has 4 nitrogen and oxygen atoms in total. The van der Waals surface area contributed by atoms with E-state index in [4.69, 9.17) is 23.2 Å². The van der Waals surface area contributed by atoms with E-state index in [0.29, 0.717) is 0 Å². The lowest BCUT2D eigenvalue weighted by atomic mass is 10.3. The van der Waals surface area contributed by atoms with Crippen LogP contribution in [0.1, 0.15) is 0 Å². The number of sulfonamides is 1. The molecule has 2 aromatic rings. The maximum Gasteiger partial charge on any atom is 0.265 e. The van der Waals surface area contributed by atoms with Gasteiger partial charge >= 0.3 is 0 Å². The van der Waals surface area contributed by atoms with Gasteiger partial charge < -0.3 is 0 Å². The summed E-state index contributed by atoms with van der Waals surface area (Å²) < 4.78 is 39.6. The SMILES string of the molecule is O=S(=O)(Nc1cc(Cl)ccc1F)c1cccnc1Cl. The summed E-state index contributed by atoms with van der Waals surface area (Å²) in [6.07, 6.45) is 1.35. The van der Waals surface area contributed by atoms with Crippen molar-refractivity contribution in [3.8, 4) is 0 Å². The van der Waals surface area contributed by atoms with Crippen LogP contribution in [0.3, 0.4) is 0 Å². The van der Waals surface area contributed by atoms with Gasteiger partial charge in [-0.2, -0.15) is 0 Å². The van der Waals surface area contributed by atoms with Gasteiger partial charge in [-0.25, -0.2) is 17.8 Å². The third-order valence-electron chi connectivity index (χ3n) is 2.19. The molecule has 0 saturated carbocycles. The molecule has 0 fully saturated rings. The topological polar surface area (TPSA) is 59.1 Å². The van der Waals surface area contributed by atoms with Gasteiger partial charge in [0.25, 0.3) is 10.0 Å². The van der Waals surface area contributed by atoms with Crippen molar-refractivity contribution in [1.29, 1.82) is 0 Å². The fourth-order valence-corrected chi connectivity index (χ4v) is 3.03. The Labute approximate surface area is 119 Å². The lowest BCUT2D eigenvalue weighted by Crippen LogP contribution is -2.14. The fraction of sp³-hybridized carbons (Fsp3) is 0. The first-order chi connectivity index (χ1) is 8.90. The number of nitrogens with zero attached hydrogens (tertiary/aromatic N) is 1. The zero-order chi connectivity index (χ0) is 14.0. The monoisotopic (exact) mass is 320 g/mol. The summed E-state index contributed by atoms with van der Waals surface area (Å²) in [6.45, 7) is 0. The van der Waals surface area contributed by atoms with Crippen molar-refractivity contribution in [2.75, 3.05) is 4.72 Å². The van der Waals surface area contributed by atoms with Crippen LogP contribution in [-0.4, -0.2) is 13.4 Å². The smallest absolute Gasteiger partial charge is 0.265 e. The normalized spacial score (nSPS) is 11.3. The Morgan fingerprint density at radius 1 is 1.21 bits per heavy atom. The number of hydrogen-bond acceptors (Lipinski definition) is 3. The Kier molecular flexibility index (Phi) is 3.93. The molecular weight excluding hydrogens is 314 g/mol. The number of nitrogens with one attached hydrogen (secondary N) is 1. The molecule has 0 spiro atoms. The van der Waals surface area contributed by atoms with Crippen LogP contribution < -0.4 is 4.72 Å². The Bertz CT molecular complexity index is 722. The molecule has 8 heteroatoms.